The normalized spacial score (nSPS) is 8.50. The van der Waals surface area contributed by atoms with Gasteiger partial charge in [-0.3, -0.25) is 0 Å². The van der Waals surface area contributed by atoms with Crippen LogP contribution in [0.15, 0.2) is 0 Å². The summed E-state index contributed by atoms with van der Waals surface area (Å²) in [6.07, 6.45) is 11.5. The summed E-state index contributed by atoms with van der Waals surface area (Å²) in [5.74, 6) is 0. The number of rotatable bonds is 7. The Morgan fingerprint density at radius 2 is 0.750 bits per heavy atom. The average Bonchev–Trinajstić information content (AvgIpc) is 1.97. The zero-order valence-electron chi connectivity index (χ0n) is 8.47. The van der Waals surface area contributed by atoms with Gasteiger partial charge in [0.1, 0.15) is 0 Å². The Balaban J connectivity index is -0.000000405. The van der Waals surface area contributed by atoms with E-state index in [1.165, 1.54) is 51.4 Å². The van der Waals surface area contributed by atoms with E-state index in [1.54, 1.807) is 0 Å². The molecule has 0 aliphatic rings. The summed E-state index contributed by atoms with van der Waals surface area (Å²) in [5, 5.41) is 0. The largest absolute Gasteiger partial charge is 0.107 e. The summed E-state index contributed by atoms with van der Waals surface area (Å²) in [6.45, 7) is 4.54. The maximum Gasteiger partial charge on any atom is -0.0533 e. The molecular weight excluding hydrogens is 374 g/mol. The van der Waals surface area contributed by atoms with Crippen molar-refractivity contribution in [3.63, 3.8) is 0 Å². The summed E-state index contributed by atoms with van der Waals surface area (Å²) < 4.78 is 0. The quantitative estimate of drug-likeness (QED) is 0.399. The van der Waals surface area contributed by atoms with Gasteiger partial charge in [0.25, 0.3) is 0 Å². The second-order valence-corrected chi connectivity index (χ2v) is 3.12. The average molecular weight is 398 g/mol. The highest BCUT2D eigenvalue weighted by Gasteiger charge is 1.87. The monoisotopic (exact) mass is 398 g/mol. The highest BCUT2D eigenvalue weighted by molar-refractivity contribution is 14.0. The number of unbranched alkanes of at least 4 members (excludes halogenated alkanes) is 7. The van der Waals surface area contributed by atoms with Gasteiger partial charge in [-0.25, -0.2) is 0 Å². The molecule has 0 bridgehead atoms. The molecule has 0 atom stereocenters. The number of hydrogen-bond donors (Lipinski definition) is 0. The molecule has 0 saturated carbocycles. The fourth-order valence-electron chi connectivity index (χ4n) is 1.21. The van der Waals surface area contributed by atoms with Gasteiger partial charge in [-0.15, -0.1) is 48.0 Å². The van der Waals surface area contributed by atoms with Gasteiger partial charge in [0.15, 0.2) is 0 Å². The molecule has 0 aliphatic heterocycles. The first kappa shape index (κ1) is 19.1. The molecule has 0 rings (SSSR count). The first-order valence-corrected chi connectivity index (χ1v) is 4.91. The van der Waals surface area contributed by atoms with Gasteiger partial charge in [0.05, 0.1) is 0 Å². The van der Waals surface area contributed by atoms with E-state index in [-0.39, 0.29) is 48.0 Å². The van der Waals surface area contributed by atoms with E-state index < -0.39 is 0 Å². The van der Waals surface area contributed by atoms with Gasteiger partial charge >= 0.3 is 0 Å². The predicted molar refractivity (Wildman–Crippen MR) is 79.1 cm³/mol. The van der Waals surface area contributed by atoms with Crippen LogP contribution >= 0.6 is 48.0 Å². The summed E-state index contributed by atoms with van der Waals surface area (Å²) in [6, 6.07) is 0. The third-order valence-corrected chi connectivity index (χ3v) is 1.96. The Morgan fingerprint density at radius 1 is 0.500 bits per heavy atom. The Morgan fingerprint density at radius 3 is 1.00 bits per heavy atom. The maximum atomic E-state index is 2.27. The molecule has 0 N–H and O–H groups in total. The van der Waals surface area contributed by atoms with E-state index in [9.17, 15) is 0 Å². The Kier molecular flexibility index (Phi) is 29.1. The molecule has 0 fully saturated rings. The summed E-state index contributed by atoms with van der Waals surface area (Å²) in [5.41, 5.74) is 0. The lowest BCUT2D eigenvalue weighted by Gasteiger charge is -1.97. The van der Waals surface area contributed by atoms with Crippen LogP contribution in [0.2, 0.25) is 0 Å². The van der Waals surface area contributed by atoms with E-state index in [1.807, 2.05) is 0 Å². The molecule has 2 heteroatoms. The van der Waals surface area contributed by atoms with Crippen molar-refractivity contribution in [2.75, 3.05) is 0 Å². The van der Waals surface area contributed by atoms with Gasteiger partial charge in [0, 0.05) is 0 Å². The first-order valence-electron chi connectivity index (χ1n) is 4.91. The lowest BCUT2D eigenvalue weighted by Crippen LogP contribution is -1.77. The molecule has 12 heavy (non-hydrogen) atoms. The van der Waals surface area contributed by atoms with Gasteiger partial charge in [-0.1, -0.05) is 65.2 Å². The van der Waals surface area contributed by atoms with Gasteiger partial charge < -0.3 is 0 Å². The van der Waals surface area contributed by atoms with E-state index in [0.29, 0.717) is 0 Å². The van der Waals surface area contributed by atoms with Crippen molar-refractivity contribution in [2.24, 2.45) is 0 Å². The molecule has 0 heterocycles. The van der Waals surface area contributed by atoms with E-state index in [2.05, 4.69) is 13.8 Å². The Labute approximate surface area is 112 Å². The van der Waals surface area contributed by atoms with Crippen LogP contribution in [-0.2, 0) is 0 Å². The lowest BCUT2D eigenvalue weighted by molar-refractivity contribution is 0.585. The highest BCUT2D eigenvalue weighted by atomic mass is 127. The third-order valence-electron chi connectivity index (χ3n) is 1.96. The molecule has 78 valence electrons. The van der Waals surface area contributed by atoms with Crippen LogP contribution in [0, 0.1) is 0 Å². The summed E-state index contributed by atoms with van der Waals surface area (Å²) >= 11 is 0. The molecular formula is C10H24I2. The first-order chi connectivity index (χ1) is 4.91. The molecule has 0 spiro atoms. The second-order valence-electron chi connectivity index (χ2n) is 3.12. The fourth-order valence-corrected chi connectivity index (χ4v) is 1.21. The molecule has 0 aromatic rings. The van der Waals surface area contributed by atoms with E-state index >= 15 is 0 Å². The lowest BCUT2D eigenvalue weighted by atomic mass is 10.1. The predicted octanol–water partition coefficient (Wildman–Crippen LogP) is 5.38. The maximum absolute atomic E-state index is 2.27. The van der Waals surface area contributed by atoms with E-state index in [4.69, 9.17) is 0 Å². The standard InChI is InChI=1S/C10H22.2HI/c1-3-5-7-9-10-8-6-4-2;;/h3-10H2,1-2H3;2*1H. The van der Waals surface area contributed by atoms with Crippen molar-refractivity contribution in [2.45, 2.75) is 65.2 Å². The molecule has 0 nitrogen and oxygen atoms in total. The molecule has 0 amide bonds. The van der Waals surface area contributed by atoms with Crippen LogP contribution in [-0.4, -0.2) is 0 Å². The van der Waals surface area contributed by atoms with Crippen LogP contribution in [0.5, 0.6) is 0 Å². The molecule has 0 unspecified atom stereocenters. The van der Waals surface area contributed by atoms with E-state index in [0.717, 1.165) is 0 Å². The highest BCUT2D eigenvalue weighted by Crippen LogP contribution is 2.07. The molecule has 0 radical (unpaired) electrons. The van der Waals surface area contributed by atoms with Crippen LogP contribution in [0.1, 0.15) is 65.2 Å². The number of hydrogen-bond acceptors (Lipinski definition) is 0. The Hall–Kier alpha value is 1.46. The Bertz CT molecular complexity index is 47.8. The SMILES string of the molecule is CCCCCCCCCC.I.I. The topological polar surface area (TPSA) is 0 Å². The van der Waals surface area contributed by atoms with Gasteiger partial charge in [0.2, 0.25) is 0 Å². The van der Waals surface area contributed by atoms with Gasteiger partial charge in [-0.05, 0) is 0 Å². The number of halogens is 2. The zero-order valence-corrected chi connectivity index (χ0v) is 13.1. The van der Waals surface area contributed by atoms with Crippen molar-refractivity contribution in [3.8, 4) is 0 Å². The zero-order chi connectivity index (χ0) is 7.66. The molecule has 0 aromatic heterocycles. The minimum Gasteiger partial charge on any atom is -0.107 e. The van der Waals surface area contributed by atoms with Crippen LogP contribution in [0.4, 0.5) is 0 Å². The van der Waals surface area contributed by atoms with Crippen molar-refractivity contribution in [1.82, 2.24) is 0 Å². The minimum absolute atomic E-state index is 0. The van der Waals surface area contributed by atoms with Crippen molar-refractivity contribution in [1.29, 1.82) is 0 Å². The van der Waals surface area contributed by atoms with Crippen LogP contribution in [0.25, 0.3) is 0 Å². The second kappa shape index (κ2) is 18.3. The van der Waals surface area contributed by atoms with Crippen LogP contribution < -0.4 is 0 Å². The fraction of sp³-hybridized carbons (Fsp3) is 1.00. The molecule has 0 aliphatic carbocycles. The van der Waals surface area contributed by atoms with Crippen LogP contribution in [0.3, 0.4) is 0 Å². The molecule has 0 saturated heterocycles. The molecule has 0 aromatic carbocycles. The van der Waals surface area contributed by atoms with Crippen molar-refractivity contribution < 1.29 is 0 Å². The third kappa shape index (κ3) is 17.5. The van der Waals surface area contributed by atoms with Crippen molar-refractivity contribution in [3.05, 3.63) is 0 Å². The van der Waals surface area contributed by atoms with Crippen molar-refractivity contribution >= 4 is 48.0 Å². The van der Waals surface area contributed by atoms with Gasteiger partial charge in [-0.2, -0.15) is 0 Å². The summed E-state index contributed by atoms with van der Waals surface area (Å²) in [7, 11) is 0. The summed E-state index contributed by atoms with van der Waals surface area (Å²) in [4.78, 5) is 0. The smallest absolute Gasteiger partial charge is 0.0533 e. The minimum atomic E-state index is 0.